The summed E-state index contributed by atoms with van der Waals surface area (Å²) < 4.78 is 0. The van der Waals surface area contributed by atoms with Crippen LogP contribution in [0.1, 0.15) is 39.6 Å². The van der Waals surface area contributed by atoms with Crippen LogP contribution in [0.25, 0.3) is 0 Å². The van der Waals surface area contributed by atoms with Crippen LogP contribution in [0, 0.1) is 11.8 Å². The highest BCUT2D eigenvalue weighted by Crippen LogP contribution is 2.26. The molecule has 0 bridgehead atoms. The SMILES string of the molecule is CC1CN(C(=O)c2ccccc2C(=O)c2ccccc2)CCC1C(=O)O. The van der Waals surface area contributed by atoms with Crippen molar-refractivity contribution >= 4 is 17.7 Å². The lowest BCUT2D eigenvalue weighted by molar-refractivity contribution is -0.145. The maximum atomic E-state index is 13.0. The lowest BCUT2D eigenvalue weighted by Crippen LogP contribution is -2.45. The number of carboxylic acids is 1. The molecule has 2 aromatic rings. The summed E-state index contributed by atoms with van der Waals surface area (Å²) in [6.07, 6.45) is 0.428. The van der Waals surface area contributed by atoms with Crippen LogP contribution < -0.4 is 0 Å². The van der Waals surface area contributed by atoms with Gasteiger partial charge in [0, 0.05) is 24.2 Å². The van der Waals surface area contributed by atoms with E-state index in [-0.39, 0.29) is 17.6 Å². The number of nitrogens with zero attached hydrogens (tertiary/aromatic N) is 1. The van der Waals surface area contributed by atoms with Gasteiger partial charge >= 0.3 is 5.97 Å². The number of likely N-dealkylation sites (tertiary alicyclic amines) is 1. The van der Waals surface area contributed by atoms with E-state index < -0.39 is 11.9 Å². The average molecular weight is 351 g/mol. The summed E-state index contributed by atoms with van der Waals surface area (Å²) in [5.74, 6) is -1.78. The number of rotatable bonds is 4. The third-order valence-corrected chi connectivity index (χ3v) is 4.95. The average Bonchev–Trinajstić information content (AvgIpc) is 2.67. The zero-order valence-electron chi connectivity index (χ0n) is 14.6. The molecule has 0 saturated carbocycles. The molecule has 5 nitrogen and oxygen atoms in total. The molecule has 0 spiro atoms. The number of benzene rings is 2. The number of hydrogen-bond acceptors (Lipinski definition) is 3. The van der Waals surface area contributed by atoms with Crippen molar-refractivity contribution < 1.29 is 19.5 Å². The van der Waals surface area contributed by atoms with E-state index >= 15 is 0 Å². The zero-order chi connectivity index (χ0) is 18.7. The van der Waals surface area contributed by atoms with Gasteiger partial charge in [-0.25, -0.2) is 0 Å². The molecule has 1 aliphatic heterocycles. The van der Waals surface area contributed by atoms with Gasteiger partial charge in [-0.2, -0.15) is 0 Å². The van der Waals surface area contributed by atoms with Gasteiger partial charge in [-0.1, -0.05) is 55.5 Å². The lowest BCUT2D eigenvalue weighted by atomic mass is 9.86. The van der Waals surface area contributed by atoms with Gasteiger partial charge in [-0.15, -0.1) is 0 Å². The second kappa shape index (κ2) is 7.52. The molecule has 0 aliphatic carbocycles. The number of amides is 1. The Kier molecular flexibility index (Phi) is 5.16. The fraction of sp³-hybridized carbons (Fsp3) is 0.286. The lowest BCUT2D eigenvalue weighted by Gasteiger charge is -2.35. The third kappa shape index (κ3) is 3.52. The minimum Gasteiger partial charge on any atom is -0.481 e. The first kappa shape index (κ1) is 17.9. The van der Waals surface area contributed by atoms with Gasteiger partial charge in [0.15, 0.2) is 5.78 Å². The first-order valence-corrected chi connectivity index (χ1v) is 8.70. The summed E-state index contributed by atoms with van der Waals surface area (Å²) in [7, 11) is 0. The molecular weight excluding hydrogens is 330 g/mol. The maximum absolute atomic E-state index is 13.0. The molecule has 1 fully saturated rings. The molecule has 5 heteroatoms. The predicted molar refractivity (Wildman–Crippen MR) is 97.1 cm³/mol. The first-order chi connectivity index (χ1) is 12.5. The van der Waals surface area contributed by atoms with E-state index in [1.165, 1.54) is 0 Å². The van der Waals surface area contributed by atoms with Gasteiger partial charge in [-0.05, 0) is 18.4 Å². The van der Waals surface area contributed by atoms with Gasteiger partial charge in [0.1, 0.15) is 0 Å². The minimum atomic E-state index is -0.816. The second-order valence-corrected chi connectivity index (χ2v) is 6.70. The van der Waals surface area contributed by atoms with Crippen molar-refractivity contribution in [1.29, 1.82) is 0 Å². The fourth-order valence-electron chi connectivity index (χ4n) is 3.48. The highest BCUT2D eigenvalue weighted by Gasteiger charge is 2.34. The predicted octanol–water partition coefficient (Wildman–Crippen LogP) is 3.10. The monoisotopic (exact) mass is 351 g/mol. The molecule has 1 saturated heterocycles. The van der Waals surface area contributed by atoms with Gasteiger partial charge in [0.05, 0.1) is 11.5 Å². The number of carboxylic acid groups (broad SMARTS) is 1. The Labute approximate surface area is 152 Å². The topological polar surface area (TPSA) is 74.7 Å². The van der Waals surface area contributed by atoms with Crippen molar-refractivity contribution in [2.45, 2.75) is 13.3 Å². The smallest absolute Gasteiger partial charge is 0.306 e. The van der Waals surface area contributed by atoms with Crippen LogP contribution in [0.2, 0.25) is 0 Å². The molecule has 26 heavy (non-hydrogen) atoms. The standard InChI is InChI=1S/C21H21NO4/c1-14-13-22(12-11-16(14)21(25)26)20(24)18-10-6-5-9-17(18)19(23)15-7-3-2-4-8-15/h2-10,14,16H,11-13H2,1H3,(H,25,26). The van der Waals surface area contributed by atoms with Crippen molar-refractivity contribution in [1.82, 2.24) is 4.90 Å². The van der Waals surface area contributed by atoms with Crippen LogP contribution in [-0.2, 0) is 4.79 Å². The summed E-state index contributed by atoms with van der Waals surface area (Å²) in [6, 6.07) is 15.7. The molecule has 134 valence electrons. The van der Waals surface area contributed by atoms with Gasteiger partial charge in [-0.3, -0.25) is 14.4 Å². The van der Waals surface area contributed by atoms with Crippen LogP contribution in [0.3, 0.4) is 0 Å². The van der Waals surface area contributed by atoms with Crippen molar-refractivity contribution in [2.75, 3.05) is 13.1 Å². The molecule has 1 amide bonds. The molecule has 1 N–H and O–H groups in total. The Morgan fingerprint density at radius 3 is 2.19 bits per heavy atom. The van der Waals surface area contributed by atoms with E-state index in [1.54, 1.807) is 53.4 Å². The van der Waals surface area contributed by atoms with Crippen LogP contribution in [0.15, 0.2) is 54.6 Å². The molecule has 1 aliphatic rings. The van der Waals surface area contributed by atoms with E-state index in [4.69, 9.17) is 0 Å². The van der Waals surface area contributed by atoms with E-state index in [9.17, 15) is 19.5 Å². The number of carbonyl (C=O) groups is 3. The highest BCUT2D eigenvalue weighted by molar-refractivity contribution is 6.15. The number of hydrogen-bond donors (Lipinski definition) is 1. The van der Waals surface area contributed by atoms with E-state index in [2.05, 4.69) is 0 Å². The normalized spacial score (nSPS) is 19.8. The van der Waals surface area contributed by atoms with Crippen molar-refractivity contribution in [3.8, 4) is 0 Å². The molecule has 3 rings (SSSR count). The molecule has 2 aromatic carbocycles. The largest absolute Gasteiger partial charge is 0.481 e. The van der Waals surface area contributed by atoms with Crippen molar-refractivity contribution in [3.05, 3.63) is 71.3 Å². The highest BCUT2D eigenvalue weighted by atomic mass is 16.4. The van der Waals surface area contributed by atoms with Crippen molar-refractivity contribution in [3.63, 3.8) is 0 Å². The van der Waals surface area contributed by atoms with Crippen LogP contribution in [-0.4, -0.2) is 40.8 Å². The Bertz CT molecular complexity index is 831. The quantitative estimate of drug-likeness (QED) is 0.859. The number of aliphatic carboxylic acids is 1. The van der Waals surface area contributed by atoms with Crippen molar-refractivity contribution in [2.24, 2.45) is 11.8 Å². The van der Waals surface area contributed by atoms with Gasteiger partial charge in [0.25, 0.3) is 5.91 Å². The Hall–Kier alpha value is -2.95. The third-order valence-electron chi connectivity index (χ3n) is 4.95. The molecule has 2 atom stereocenters. The molecule has 2 unspecified atom stereocenters. The summed E-state index contributed by atoms with van der Waals surface area (Å²) in [5, 5.41) is 9.25. The molecule has 0 radical (unpaired) electrons. The van der Waals surface area contributed by atoms with Crippen LogP contribution >= 0.6 is 0 Å². The summed E-state index contributed by atoms with van der Waals surface area (Å²) in [5.41, 5.74) is 1.27. The summed E-state index contributed by atoms with van der Waals surface area (Å²) >= 11 is 0. The molecular formula is C21H21NO4. The Morgan fingerprint density at radius 2 is 1.58 bits per heavy atom. The Balaban J connectivity index is 1.85. The number of ketones is 1. The Morgan fingerprint density at radius 1 is 0.962 bits per heavy atom. The van der Waals surface area contributed by atoms with Gasteiger partial charge in [0.2, 0.25) is 0 Å². The van der Waals surface area contributed by atoms with E-state index in [0.29, 0.717) is 36.2 Å². The van der Waals surface area contributed by atoms with Crippen LogP contribution in [0.5, 0.6) is 0 Å². The number of piperidine rings is 1. The molecule has 0 aromatic heterocycles. The fourth-order valence-corrected chi connectivity index (χ4v) is 3.48. The summed E-state index contributed by atoms with van der Waals surface area (Å²) in [6.45, 7) is 2.61. The maximum Gasteiger partial charge on any atom is 0.306 e. The van der Waals surface area contributed by atoms with Gasteiger partial charge < -0.3 is 10.0 Å². The van der Waals surface area contributed by atoms with Crippen LogP contribution in [0.4, 0.5) is 0 Å². The number of carbonyl (C=O) groups excluding carboxylic acids is 2. The van der Waals surface area contributed by atoms with E-state index in [1.807, 2.05) is 13.0 Å². The molecule has 1 heterocycles. The second-order valence-electron chi connectivity index (χ2n) is 6.70. The minimum absolute atomic E-state index is 0.123. The zero-order valence-corrected chi connectivity index (χ0v) is 14.6. The van der Waals surface area contributed by atoms with E-state index in [0.717, 1.165) is 0 Å². The first-order valence-electron chi connectivity index (χ1n) is 8.70. The summed E-state index contributed by atoms with van der Waals surface area (Å²) in [4.78, 5) is 38.7.